The molecule has 2 aliphatic rings. The summed E-state index contributed by atoms with van der Waals surface area (Å²) in [5.41, 5.74) is 2.71. The molecule has 4 rings (SSSR count). The monoisotopic (exact) mass is 465 g/mol. The first-order valence-corrected chi connectivity index (χ1v) is 10.6. The molecule has 0 aliphatic carbocycles. The van der Waals surface area contributed by atoms with E-state index in [4.69, 9.17) is 9.90 Å². The standard InChI is InChI=1S/C20H25N5O.C2HF3O2/c1-15-11-21-19(22-12-15)25-9-4-7-20(14-25)8-10-24(18(20)26)13-17-6-3-5-16(2)23-17;3-2(4,5)1(6)7/h3,5-6,11-12H,4,7-10,13-14H2,1-2H3;(H,6,7). The Morgan fingerprint density at radius 1 is 1.15 bits per heavy atom. The van der Waals surface area contributed by atoms with Gasteiger partial charge in [0.25, 0.3) is 0 Å². The number of aliphatic carboxylic acids is 1. The highest BCUT2D eigenvalue weighted by Crippen LogP contribution is 2.41. The average Bonchev–Trinajstić information content (AvgIpc) is 3.03. The highest BCUT2D eigenvalue weighted by molar-refractivity contribution is 5.85. The van der Waals surface area contributed by atoms with Crippen molar-refractivity contribution in [2.24, 2.45) is 5.41 Å². The number of carbonyl (C=O) groups excluding carboxylic acids is 1. The van der Waals surface area contributed by atoms with Gasteiger partial charge in [-0.15, -0.1) is 0 Å². The van der Waals surface area contributed by atoms with Gasteiger partial charge in [0.15, 0.2) is 0 Å². The number of hydrogen-bond donors (Lipinski definition) is 1. The Hall–Kier alpha value is -3.24. The molecule has 1 unspecified atom stereocenters. The predicted molar refractivity (Wildman–Crippen MR) is 113 cm³/mol. The molecule has 1 amide bonds. The van der Waals surface area contributed by atoms with Crippen molar-refractivity contribution in [2.75, 3.05) is 24.5 Å². The van der Waals surface area contributed by atoms with E-state index in [0.717, 1.165) is 55.3 Å². The first-order chi connectivity index (χ1) is 15.5. The number of anilines is 1. The molecular formula is C22H26F3N5O3. The predicted octanol–water partition coefficient (Wildman–Crippen LogP) is 3.14. The van der Waals surface area contributed by atoms with Crippen LogP contribution in [0.2, 0.25) is 0 Å². The number of nitrogens with zero attached hydrogens (tertiary/aromatic N) is 5. The second kappa shape index (κ2) is 9.72. The molecule has 0 aromatic carbocycles. The highest BCUT2D eigenvalue weighted by Gasteiger charge is 2.49. The number of carboxylic acid groups (broad SMARTS) is 1. The maximum absolute atomic E-state index is 13.2. The number of aromatic nitrogens is 3. The molecule has 2 saturated heterocycles. The van der Waals surface area contributed by atoms with Gasteiger partial charge in [-0.3, -0.25) is 9.78 Å². The zero-order chi connectivity index (χ0) is 24.2. The minimum atomic E-state index is -5.08. The van der Waals surface area contributed by atoms with Crippen LogP contribution < -0.4 is 4.90 Å². The minimum Gasteiger partial charge on any atom is -0.475 e. The van der Waals surface area contributed by atoms with Crippen LogP contribution in [0, 0.1) is 19.3 Å². The van der Waals surface area contributed by atoms with Gasteiger partial charge in [-0.2, -0.15) is 13.2 Å². The molecule has 4 heterocycles. The molecule has 0 bridgehead atoms. The molecule has 8 nitrogen and oxygen atoms in total. The summed E-state index contributed by atoms with van der Waals surface area (Å²) >= 11 is 0. The fraction of sp³-hybridized carbons (Fsp3) is 0.500. The average molecular weight is 465 g/mol. The number of carboxylic acids is 1. The third-order valence-electron chi connectivity index (χ3n) is 5.77. The van der Waals surface area contributed by atoms with Gasteiger partial charge < -0.3 is 14.9 Å². The lowest BCUT2D eigenvalue weighted by atomic mass is 9.78. The van der Waals surface area contributed by atoms with Crippen molar-refractivity contribution < 1.29 is 27.9 Å². The van der Waals surface area contributed by atoms with E-state index in [9.17, 15) is 18.0 Å². The quantitative estimate of drug-likeness (QED) is 0.743. The van der Waals surface area contributed by atoms with Gasteiger partial charge >= 0.3 is 12.1 Å². The summed E-state index contributed by atoms with van der Waals surface area (Å²) in [6, 6.07) is 5.99. The van der Waals surface area contributed by atoms with Crippen LogP contribution in [0.25, 0.3) is 0 Å². The number of aryl methyl sites for hydroxylation is 2. The zero-order valence-corrected chi connectivity index (χ0v) is 18.5. The molecular weight excluding hydrogens is 439 g/mol. The van der Waals surface area contributed by atoms with Crippen LogP contribution in [0.15, 0.2) is 30.6 Å². The Kier molecular flexibility index (Phi) is 7.19. The van der Waals surface area contributed by atoms with E-state index in [-0.39, 0.29) is 11.3 Å². The van der Waals surface area contributed by atoms with Crippen LogP contribution in [-0.4, -0.2) is 62.6 Å². The van der Waals surface area contributed by atoms with Gasteiger partial charge in [0.05, 0.1) is 17.7 Å². The van der Waals surface area contributed by atoms with Crippen molar-refractivity contribution in [3.8, 4) is 0 Å². The van der Waals surface area contributed by atoms with Gasteiger partial charge in [-0.1, -0.05) is 6.07 Å². The molecule has 0 radical (unpaired) electrons. The lowest BCUT2D eigenvalue weighted by Gasteiger charge is -2.39. The number of hydrogen-bond acceptors (Lipinski definition) is 6. The maximum Gasteiger partial charge on any atom is 0.490 e. The first-order valence-electron chi connectivity index (χ1n) is 10.6. The number of piperidine rings is 1. The second-order valence-electron chi connectivity index (χ2n) is 8.42. The molecule has 2 aromatic heterocycles. The van der Waals surface area contributed by atoms with Crippen molar-refractivity contribution in [3.63, 3.8) is 0 Å². The normalized spacial score (nSPS) is 20.6. The largest absolute Gasteiger partial charge is 0.490 e. The molecule has 1 N–H and O–H groups in total. The van der Waals surface area contributed by atoms with Crippen LogP contribution in [0.1, 0.15) is 36.2 Å². The Morgan fingerprint density at radius 3 is 2.42 bits per heavy atom. The molecule has 2 fully saturated rings. The van der Waals surface area contributed by atoms with Gasteiger partial charge in [0, 0.05) is 37.7 Å². The van der Waals surface area contributed by atoms with E-state index in [1.54, 1.807) is 0 Å². The van der Waals surface area contributed by atoms with Crippen LogP contribution in [0.4, 0.5) is 19.1 Å². The van der Waals surface area contributed by atoms with E-state index < -0.39 is 12.1 Å². The number of alkyl halides is 3. The van der Waals surface area contributed by atoms with E-state index in [0.29, 0.717) is 13.1 Å². The number of carbonyl (C=O) groups is 2. The summed E-state index contributed by atoms with van der Waals surface area (Å²) in [5, 5.41) is 7.12. The number of pyridine rings is 1. The zero-order valence-electron chi connectivity index (χ0n) is 18.5. The molecule has 2 aromatic rings. The summed E-state index contributed by atoms with van der Waals surface area (Å²) in [6.07, 6.45) is 1.46. The summed E-state index contributed by atoms with van der Waals surface area (Å²) in [6.45, 7) is 7.00. The van der Waals surface area contributed by atoms with E-state index >= 15 is 0 Å². The van der Waals surface area contributed by atoms with E-state index in [1.807, 2.05) is 49.3 Å². The molecule has 2 aliphatic heterocycles. The van der Waals surface area contributed by atoms with Crippen molar-refractivity contribution in [1.82, 2.24) is 19.9 Å². The van der Waals surface area contributed by atoms with Crippen LogP contribution in [0.3, 0.4) is 0 Å². The second-order valence-corrected chi connectivity index (χ2v) is 8.42. The Labute approximate surface area is 189 Å². The smallest absolute Gasteiger partial charge is 0.475 e. The molecule has 11 heteroatoms. The Bertz CT molecular complexity index is 1000. The highest BCUT2D eigenvalue weighted by atomic mass is 19.4. The number of rotatable bonds is 3. The lowest BCUT2D eigenvalue weighted by Crippen LogP contribution is -2.48. The van der Waals surface area contributed by atoms with Gasteiger partial charge in [-0.05, 0) is 50.8 Å². The van der Waals surface area contributed by atoms with Crippen LogP contribution >= 0.6 is 0 Å². The fourth-order valence-electron chi connectivity index (χ4n) is 4.16. The molecule has 178 valence electrons. The molecule has 1 atom stereocenters. The number of likely N-dealkylation sites (tertiary alicyclic amines) is 1. The molecule has 1 spiro atoms. The van der Waals surface area contributed by atoms with Crippen molar-refractivity contribution in [1.29, 1.82) is 0 Å². The van der Waals surface area contributed by atoms with E-state index in [1.165, 1.54) is 0 Å². The van der Waals surface area contributed by atoms with Crippen molar-refractivity contribution >= 4 is 17.8 Å². The summed E-state index contributed by atoms with van der Waals surface area (Å²) in [4.78, 5) is 39.7. The van der Waals surface area contributed by atoms with Crippen molar-refractivity contribution in [3.05, 3.63) is 47.5 Å². The van der Waals surface area contributed by atoms with Crippen LogP contribution in [0.5, 0.6) is 0 Å². The first kappa shape index (κ1) is 24.4. The van der Waals surface area contributed by atoms with Gasteiger partial charge in [-0.25, -0.2) is 14.8 Å². The third kappa shape index (κ3) is 5.96. The third-order valence-corrected chi connectivity index (χ3v) is 5.77. The van der Waals surface area contributed by atoms with Crippen LogP contribution in [-0.2, 0) is 16.1 Å². The van der Waals surface area contributed by atoms with Gasteiger partial charge in [0.1, 0.15) is 0 Å². The minimum absolute atomic E-state index is 0.262. The van der Waals surface area contributed by atoms with E-state index in [2.05, 4.69) is 19.9 Å². The lowest BCUT2D eigenvalue weighted by molar-refractivity contribution is -0.192. The Morgan fingerprint density at radius 2 is 1.82 bits per heavy atom. The SMILES string of the molecule is Cc1cnc(N2CCCC3(CCN(Cc4cccc(C)n4)C3=O)C2)nc1.O=C(O)C(F)(F)F. The molecule has 0 saturated carbocycles. The number of halogens is 3. The molecule has 33 heavy (non-hydrogen) atoms. The Balaban J connectivity index is 0.000000383. The summed E-state index contributed by atoms with van der Waals surface area (Å²) < 4.78 is 31.7. The summed E-state index contributed by atoms with van der Waals surface area (Å²) in [5.74, 6) is -1.76. The number of amides is 1. The van der Waals surface area contributed by atoms with Crippen molar-refractivity contribution in [2.45, 2.75) is 45.8 Å². The summed E-state index contributed by atoms with van der Waals surface area (Å²) in [7, 11) is 0. The topological polar surface area (TPSA) is 99.5 Å². The fourth-order valence-corrected chi connectivity index (χ4v) is 4.16. The van der Waals surface area contributed by atoms with Gasteiger partial charge in [0.2, 0.25) is 11.9 Å². The maximum atomic E-state index is 13.2.